The molecule has 0 spiro atoms. The van der Waals surface area contributed by atoms with E-state index in [0.29, 0.717) is 24.7 Å². The van der Waals surface area contributed by atoms with Crippen LogP contribution in [0.2, 0.25) is 0 Å². The van der Waals surface area contributed by atoms with Crippen molar-refractivity contribution in [2.45, 2.75) is 0 Å². The van der Waals surface area contributed by atoms with Crippen LogP contribution in [0.1, 0.15) is 10.4 Å². The van der Waals surface area contributed by atoms with E-state index in [1.54, 1.807) is 34.4 Å². The first-order chi connectivity index (χ1) is 14.0. The Morgan fingerprint density at radius 3 is 2.66 bits per heavy atom. The second-order valence-corrected chi connectivity index (χ2v) is 6.60. The minimum atomic E-state index is -0.0801. The Hall–Kier alpha value is -3.47. The van der Waals surface area contributed by atoms with Crippen molar-refractivity contribution in [1.29, 1.82) is 0 Å². The Bertz CT molecular complexity index is 1000. The number of hydrogen-bond acceptors (Lipinski definition) is 7. The number of fused-ring (bicyclic) bond motifs is 1. The average Bonchev–Trinajstić information content (AvgIpc) is 3.31. The zero-order valence-electron chi connectivity index (χ0n) is 16.6. The van der Waals surface area contributed by atoms with Crippen molar-refractivity contribution in [2.75, 3.05) is 45.3 Å². The Labute approximate surface area is 167 Å². The van der Waals surface area contributed by atoms with Crippen molar-refractivity contribution in [2.24, 2.45) is 12.8 Å². The summed E-state index contributed by atoms with van der Waals surface area (Å²) in [6.07, 6.45) is 3.71. The third-order valence-corrected chi connectivity index (χ3v) is 4.47. The molecule has 1 saturated heterocycles. The van der Waals surface area contributed by atoms with Gasteiger partial charge in [0, 0.05) is 46.0 Å². The van der Waals surface area contributed by atoms with Gasteiger partial charge in [0.05, 0.1) is 30.7 Å². The number of nitrogens with two attached hydrogens (primary N) is 1. The number of ether oxygens (including phenoxy) is 1. The molecule has 0 bridgehead atoms. The first-order valence-corrected chi connectivity index (χ1v) is 9.04. The van der Waals surface area contributed by atoms with E-state index in [9.17, 15) is 4.79 Å². The third kappa shape index (κ3) is 4.19. The molecule has 0 atom stereocenters. The number of carbonyl (C=O) groups is 2. The van der Waals surface area contributed by atoms with Crippen molar-refractivity contribution in [3.63, 3.8) is 0 Å². The highest BCUT2D eigenvalue weighted by Gasteiger charge is 2.21. The van der Waals surface area contributed by atoms with Crippen molar-refractivity contribution in [1.82, 2.24) is 29.3 Å². The van der Waals surface area contributed by atoms with Gasteiger partial charge in [0.2, 0.25) is 12.4 Å². The van der Waals surface area contributed by atoms with Crippen LogP contribution >= 0.6 is 0 Å². The summed E-state index contributed by atoms with van der Waals surface area (Å²) in [5, 5.41) is 8.80. The highest BCUT2D eigenvalue weighted by Crippen LogP contribution is 2.25. The molecular weight excluding hydrogens is 376 g/mol. The van der Waals surface area contributed by atoms with E-state index in [0.717, 1.165) is 30.0 Å². The normalized spacial score (nSPS) is 13.7. The number of amides is 2. The van der Waals surface area contributed by atoms with Crippen LogP contribution < -0.4 is 10.6 Å². The molecule has 0 aliphatic carbocycles. The van der Waals surface area contributed by atoms with Crippen LogP contribution in [0.3, 0.4) is 0 Å². The number of aromatic nitrogens is 5. The van der Waals surface area contributed by atoms with Gasteiger partial charge in [0.15, 0.2) is 5.65 Å². The zero-order chi connectivity index (χ0) is 21.0. The van der Waals surface area contributed by atoms with E-state index in [-0.39, 0.29) is 12.3 Å². The lowest BCUT2D eigenvalue weighted by molar-refractivity contribution is -0.106. The van der Waals surface area contributed by atoms with E-state index < -0.39 is 0 Å². The van der Waals surface area contributed by atoms with Crippen molar-refractivity contribution in [3.05, 3.63) is 30.1 Å². The Morgan fingerprint density at radius 2 is 2.00 bits per heavy atom. The largest absolute Gasteiger partial charge is 0.378 e. The SMILES string of the molecule is CN(C)C(=O)c1cnn(C)c1-c1ccn2nc(N3CCOCC3)nc2c1.NC=O. The number of primary amides is 1. The summed E-state index contributed by atoms with van der Waals surface area (Å²) in [4.78, 5) is 29.3. The molecular formula is C18H24N8O3. The second kappa shape index (κ2) is 8.69. The van der Waals surface area contributed by atoms with Gasteiger partial charge in [-0.15, -0.1) is 5.10 Å². The standard InChI is InChI=1S/C17H21N7O2.CH3NO/c1-21(2)16(25)13-11-18-22(3)15(13)12-4-5-24-14(10-12)19-17(20-24)23-6-8-26-9-7-23;2-1-3/h4-5,10-11H,6-9H2,1-3H3;1H,(H2,2,3). The molecule has 0 saturated carbocycles. The van der Waals surface area contributed by atoms with Gasteiger partial charge >= 0.3 is 0 Å². The van der Waals surface area contributed by atoms with Gasteiger partial charge < -0.3 is 20.3 Å². The van der Waals surface area contributed by atoms with Gasteiger partial charge in [-0.2, -0.15) is 10.1 Å². The Kier molecular flexibility index (Phi) is 6.07. The van der Waals surface area contributed by atoms with Crippen LogP contribution in [0.5, 0.6) is 0 Å². The van der Waals surface area contributed by atoms with Crippen LogP contribution in [0.4, 0.5) is 5.95 Å². The predicted molar refractivity (Wildman–Crippen MR) is 106 cm³/mol. The summed E-state index contributed by atoms with van der Waals surface area (Å²) >= 11 is 0. The molecule has 2 N–H and O–H groups in total. The third-order valence-electron chi connectivity index (χ3n) is 4.47. The molecule has 2 amide bonds. The molecule has 3 aromatic rings. The molecule has 0 unspecified atom stereocenters. The van der Waals surface area contributed by atoms with Gasteiger partial charge in [-0.1, -0.05) is 0 Å². The van der Waals surface area contributed by atoms with Crippen molar-refractivity contribution < 1.29 is 14.3 Å². The molecule has 1 fully saturated rings. The quantitative estimate of drug-likeness (QED) is 0.602. The minimum absolute atomic E-state index is 0.0801. The van der Waals surface area contributed by atoms with Crippen molar-refractivity contribution in [3.8, 4) is 11.3 Å². The summed E-state index contributed by atoms with van der Waals surface area (Å²) in [5.41, 5.74) is 7.11. The van der Waals surface area contributed by atoms with E-state index >= 15 is 0 Å². The lowest BCUT2D eigenvalue weighted by Crippen LogP contribution is -2.36. The summed E-state index contributed by atoms with van der Waals surface area (Å²) in [6.45, 7) is 2.94. The predicted octanol–water partition coefficient (Wildman–Crippen LogP) is -0.230. The molecule has 4 heterocycles. The molecule has 4 rings (SSSR count). The maximum atomic E-state index is 12.4. The highest BCUT2D eigenvalue weighted by atomic mass is 16.5. The van der Waals surface area contributed by atoms with E-state index in [2.05, 4.69) is 25.8 Å². The molecule has 0 radical (unpaired) electrons. The highest BCUT2D eigenvalue weighted by molar-refractivity contribution is 5.99. The number of aryl methyl sites for hydroxylation is 1. The fourth-order valence-corrected chi connectivity index (χ4v) is 3.09. The van der Waals surface area contributed by atoms with E-state index in [4.69, 9.17) is 9.53 Å². The summed E-state index contributed by atoms with van der Waals surface area (Å²) < 4.78 is 8.84. The molecule has 1 aliphatic heterocycles. The molecule has 1 aliphatic rings. The number of anilines is 1. The molecule has 29 heavy (non-hydrogen) atoms. The molecule has 3 aromatic heterocycles. The topological polar surface area (TPSA) is 124 Å². The number of hydrogen-bond donors (Lipinski definition) is 1. The van der Waals surface area contributed by atoms with Crippen LogP contribution in [-0.2, 0) is 16.6 Å². The number of pyridine rings is 1. The maximum Gasteiger partial charge on any atom is 0.257 e. The second-order valence-electron chi connectivity index (χ2n) is 6.60. The summed E-state index contributed by atoms with van der Waals surface area (Å²) in [5.74, 6) is 0.614. The lowest BCUT2D eigenvalue weighted by atomic mass is 10.1. The number of rotatable bonds is 3. The van der Waals surface area contributed by atoms with Crippen LogP contribution in [0.25, 0.3) is 16.9 Å². The van der Waals surface area contributed by atoms with E-state index in [1.807, 2.05) is 25.4 Å². The zero-order valence-corrected chi connectivity index (χ0v) is 16.6. The smallest absolute Gasteiger partial charge is 0.257 e. The average molecular weight is 400 g/mol. The minimum Gasteiger partial charge on any atom is -0.378 e. The first kappa shape index (κ1) is 20.3. The monoisotopic (exact) mass is 400 g/mol. The fraction of sp³-hybridized carbons (Fsp3) is 0.389. The first-order valence-electron chi connectivity index (χ1n) is 9.04. The maximum absolute atomic E-state index is 12.4. The van der Waals surface area contributed by atoms with Crippen molar-refractivity contribution >= 4 is 23.9 Å². The lowest BCUT2D eigenvalue weighted by Gasteiger charge is -2.25. The van der Waals surface area contributed by atoms with Crippen LogP contribution in [0.15, 0.2) is 24.5 Å². The van der Waals surface area contributed by atoms with Crippen LogP contribution in [0, 0.1) is 0 Å². The summed E-state index contributed by atoms with van der Waals surface area (Å²) in [6, 6.07) is 3.86. The van der Waals surface area contributed by atoms with Gasteiger partial charge in [-0.05, 0) is 12.1 Å². The van der Waals surface area contributed by atoms with Gasteiger partial charge in [0.1, 0.15) is 0 Å². The molecule has 154 valence electrons. The number of carbonyl (C=O) groups excluding carboxylic acids is 2. The van der Waals surface area contributed by atoms with Gasteiger partial charge in [0.25, 0.3) is 5.91 Å². The number of nitrogens with zero attached hydrogens (tertiary/aromatic N) is 7. The Balaban J connectivity index is 0.000000755. The fourth-order valence-electron chi connectivity index (χ4n) is 3.09. The van der Waals surface area contributed by atoms with Gasteiger partial charge in [-0.3, -0.25) is 14.3 Å². The van der Waals surface area contributed by atoms with E-state index in [1.165, 1.54) is 0 Å². The molecule has 11 heteroatoms. The molecule has 0 aromatic carbocycles. The Morgan fingerprint density at radius 1 is 1.31 bits per heavy atom. The summed E-state index contributed by atoms with van der Waals surface area (Å²) in [7, 11) is 5.29. The van der Waals surface area contributed by atoms with Crippen LogP contribution in [-0.4, -0.2) is 82.0 Å². The molecule has 11 nitrogen and oxygen atoms in total. The van der Waals surface area contributed by atoms with Gasteiger partial charge in [-0.25, -0.2) is 4.52 Å². The number of morpholine rings is 1.